The van der Waals surface area contributed by atoms with E-state index in [0.717, 1.165) is 51.5 Å². The zero-order valence-electron chi connectivity index (χ0n) is 10.5. The van der Waals surface area contributed by atoms with Crippen LogP contribution in [0.3, 0.4) is 0 Å². The second-order valence-corrected chi connectivity index (χ2v) is 4.97. The van der Waals surface area contributed by atoms with Crippen molar-refractivity contribution in [1.29, 1.82) is 0 Å². The SMILES string of the molecule is O=C(O)CCCCCCN[C@@H]1CCCC[C@H]1O. The Kier molecular flexibility index (Phi) is 7.21. The van der Waals surface area contributed by atoms with Gasteiger partial charge in [-0.25, -0.2) is 0 Å². The van der Waals surface area contributed by atoms with Gasteiger partial charge < -0.3 is 15.5 Å². The summed E-state index contributed by atoms with van der Waals surface area (Å²) >= 11 is 0. The molecule has 1 rings (SSSR count). The number of nitrogens with one attached hydrogen (secondary N) is 1. The molecular weight excluding hydrogens is 218 g/mol. The first-order chi connectivity index (χ1) is 8.20. The predicted molar refractivity (Wildman–Crippen MR) is 67.0 cm³/mol. The van der Waals surface area contributed by atoms with E-state index in [4.69, 9.17) is 5.11 Å². The monoisotopic (exact) mass is 243 g/mol. The molecule has 0 spiro atoms. The maximum atomic E-state index is 10.3. The minimum absolute atomic E-state index is 0.171. The van der Waals surface area contributed by atoms with Crippen molar-refractivity contribution < 1.29 is 15.0 Å². The smallest absolute Gasteiger partial charge is 0.303 e. The second kappa shape index (κ2) is 8.48. The van der Waals surface area contributed by atoms with Crippen molar-refractivity contribution in [3.63, 3.8) is 0 Å². The van der Waals surface area contributed by atoms with E-state index < -0.39 is 5.97 Å². The maximum absolute atomic E-state index is 10.3. The molecule has 4 heteroatoms. The molecular formula is C13H25NO3. The first-order valence-corrected chi connectivity index (χ1v) is 6.83. The standard InChI is InChI=1S/C13H25NO3/c15-12-8-5-4-7-11(12)14-10-6-2-1-3-9-13(16)17/h11-12,14-15H,1-10H2,(H,16,17)/t11-,12-/m1/s1. The highest BCUT2D eigenvalue weighted by Crippen LogP contribution is 2.18. The van der Waals surface area contributed by atoms with Crippen LogP contribution in [-0.4, -0.2) is 34.9 Å². The largest absolute Gasteiger partial charge is 0.481 e. The number of carbonyl (C=O) groups is 1. The van der Waals surface area contributed by atoms with E-state index in [1.165, 1.54) is 6.42 Å². The summed E-state index contributed by atoms with van der Waals surface area (Å²) in [6.07, 6.45) is 8.40. The van der Waals surface area contributed by atoms with Crippen molar-refractivity contribution in [3.8, 4) is 0 Å². The van der Waals surface area contributed by atoms with E-state index >= 15 is 0 Å². The van der Waals surface area contributed by atoms with Crippen LogP contribution in [0.2, 0.25) is 0 Å². The molecule has 1 fully saturated rings. The first-order valence-electron chi connectivity index (χ1n) is 6.83. The fourth-order valence-electron chi connectivity index (χ4n) is 2.39. The van der Waals surface area contributed by atoms with Gasteiger partial charge in [0.2, 0.25) is 0 Å². The van der Waals surface area contributed by atoms with Crippen LogP contribution >= 0.6 is 0 Å². The van der Waals surface area contributed by atoms with Gasteiger partial charge in [0.25, 0.3) is 0 Å². The zero-order chi connectivity index (χ0) is 12.5. The normalized spacial score (nSPS) is 24.8. The lowest BCUT2D eigenvalue weighted by atomic mass is 9.92. The van der Waals surface area contributed by atoms with Gasteiger partial charge in [-0.1, -0.05) is 25.7 Å². The van der Waals surface area contributed by atoms with Crippen LogP contribution in [0.1, 0.15) is 57.8 Å². The summed E-state index contributed by atoms with van der Waals surface area (Å²) in [5.74, 6) is -0.701. The summed E-state index contributed by atoms with van der Waals surface area (Å²) in [5.41, 5.74) is 0. The quantitative estimate of drug-likeness (QED) is 0.570. The van der Waals surface area contributed by atoms with Gasteiger partial charge in [-0.3, -0.25) is 4.79 Å². The molecule has 0 amide bonds. The summed E-state index contributed by atoms with van der Waals surface area (Å²) in [7, 11) is 0. The lowest BCUT2D eigenvalue weighted by molar-refractivity contribution is -0.137. The summed E-state index contributed by atoms with van der Waals surface area (Å²) in [6.45, 7) is 0.939. The highest BCUT2D eigenvalue weighted by atomic mass is 16.4. The Morgan fingerprint density at radius 3 is 2.53 bits per heavy atom. The summed E-state index contributed by atoms with van der Waals surface area (Å²) < 4.78 is 0. The highest BCUT2D eigenvalue weighted by Gasteiger charge is 2.21. The lowest BCUT2D eigenvalue weighted by Crippen LogP contribution is -2.42. The van der Waals surface area contributed by atoms with Crippen LogP contribution in [0.5, 0.6) is 0 Å². The van der Waals surface area contributed by atoms with Gasteiger partial charge in [0.05, 0.1) is 6.10 Å². The molecule has 2 atom stereocenters. The molecule has 1 aliphatic rings. The van der Waals surface area contributed by atoms with Crippen LogP contribution in [0, 0.1) is 0 Å². The molecule has 1 saturated carbocycles. The lowest BCUT2D eigenvalue weighted by Gasteiger charge is -2.28. The molecule has 100 valence electrons. The molecule has 0 aromatic heterocycles. The first kappa shape index (κ1) is 14.5. The predicted octanol–water partition coefficient (Wildman–Crippen LogP) is 1.91. The fourth-order valence-corrected chi connectivity index (χ4v) is 2.39. The van der Waals surface area contributed by atoms with Crippen molar-refractivity contribution in [3.05, 3.63) is 0 Å². The Balaban J connectivity index is 1.91. The van der Waals surface area contributed by atoms with Crippen molar-refractivity contribution in [2.75, 3.05) is 6.54 Å². The minimum Gasteiger partial charge on any atom is -0.481 e. The third-order valence-corrected chi connectivity index (χ3v) is 3.45. The van der Waals surface area contributed by atoms with Gasteiger partial charge in [0.15, 0.2) is 0 Å². The topological polar surface area (TPSA) is 69.6 Å². The number of unbranched alkanes of at least 4 members (excludes halogenated alkanes) is 3. The van der Waals surface area contributed by atoms with Gasteiger partial charge in [-0.15, -0.1) is 0 Å². The van der Waals surface area contributed by atoms with Crippen LogP contribution < -0.4 is 5.32 Å². The second-order valence-electron chi connectivity index (χ2n) is 4.97. The molecule has 0 unspecified atom stereocenters. The molecule has 3 N–H and O–H groups in total. The third-order valence-electron chi connectivity index (χ3n) is 3.45. The molecule has 0 heterocycles. The Bertz CT molecular complexity index is 221. The van der Waals surface area contributed by atoms with Crippen LogP contribution in [0.25, 0.3) is 0 Å². The van der Waals surface area contributed by atoms with Crippen molar-refractivity contribution in [2.45, 2.75) is 69.9 Å². The van der Waals surface area contributed by atoms with Crippen LogP contribution in [0.15, 0.2) is 0 Å². The van der Waals surface area contributed by atoms with Gasteiger partial charge in [0.1, 0.15) is 0 Å². The number of aliphatic hydroxyl groups is 1. The number of hydrogen-bond donors (Lipinski definition) is 3. The third kappa shape index (κ3) is 6.64. The molecule has 0 aliphatic heterocycles. The molecule has 0 aromatic rings. The van der Waals surface area contributed by atoms with Gasteiger partial charge in [-0.2, -0.15) is 0 Å². The summed E-state index contributed by atoms with van der Waals surface area (Å²) in [6, 6.07) is 0.280. The summed E-state index contributed by atoms with van der Waals surface area (Å²) in [4.78, 5) is 10.3. The number of aliphatic hydroxyl groups excluding tert-OH is 1. The zero-order valence-corrected chi connectivity index (χ0v) is 10.5. The van der Waals surface area contributed by atoms with E-state index in [1.54, 1.807) is 0 Å². The average molecular weight is 243 g/mol. The van der Waals surface area contributed by atoms with Gasteiger partial charge >= 0.3 is 5.97 Å². The number of aliphatic carboxylic acids is 1. The Morgan fingerprint density at radius 1 is 1.12 bits per heavy atom. The van der Waals surface area contributed by atoms with Crippen molar-refractivity contribution in [2.24, 2.45) is 0 Å². The number of carboxylic acids is 1. The Morgan fingerprint density at radius 2 is 1.82 bits per heavy atom. The van der Waals surface area contributed by atoms with Crippen molar-refractivity contribution in [1.82, 2.24) is 5.32 Å². The molecule has 4 nitrogen and oxygen atoms in total. The highest BCUT2D eigenvalue weighted by molar-refractivity contribution is 5.66. The van der Waals surface area contributed by atoms with E-state index in [2.05, 4.69) is 5.32 Å². The molecule has 0 radical (unpaired) electrons. The molecule has 17 heavy (non-hydrogen) atoms. The molecule has 0 aromatic carbocycles. The molecule has 1 aliphatic carbocycles. The minimum atomic E-state index is -0.701. The van der Waals surface area contributed by atoms with Gasteiger partial charge in [0, 0.05) is 12.5 Å². The maximum Gasteiger partial charge on any atom is 0.303 e. The van der Waals surface area contributed by atoms with E-state index in [0.29, 0.717) is 0 Å². The Hall–Kier alpha value is -0.610. The van der Waals surface area contributed by atoms with E-state index in [1.807, 2.05) is 0 Å². The van der Waals surface area contributed by atoms with Crippen LogP contribution in [-0.2, 0) is 4.79 Å². The van der Waals surface area contributed by atoms with Crippen molar-refractivity contribution >= 4 is 5.97 Å². The van der Waals surface area contributed by atoms with E-state index in [9.17, 15) is 9.90 Å². The number of rotatable bonds is 8. The van der Waals surface area contributed by atoms with Crippen LogP contribution in [0.4, 0.5) is 0 Å². The fraction of sp³-hybridized carbons (Fsp3) is 0.923. The van der Waals surface area contributed by atoms with E-state index in [-0.39, 0.29) is 18.6 Å². The molecule has 0 bridgehead atoms. The average Bonchev–Trinajstić information content (AvgIpc) is 2.30. The van der Waals surface area contributed by atoms with Gasteiger partial charge in [-0.05, 0) is 32.2 Å². The Labute approximate surface area is 103 Å². The summed E-state index contributed by atoms with van der Waals surface area (Å²) in [5, 5.41) is 21.6. The molecule has 0 saturated heterocycles. The number of hydrogen-bond acceptors (Lipinski definition) is 3. The number of carboxylic acid groups (broad SMARTS) is 1.